The third kappa shape index (κ3) is 4.06. The number of ether oxygens (including phenoxy) is 1. The summed E-state index contributed by atoms with van der Waals surface area (Å²) in [7, 11) is 0. The van der Waals surface area contributed by atoms with Gasteiger partial charge < -0.3 is 9.84 Å². The van der Waals surface area contributed by atoms with Gasteiger partial charge in [0.15, 0.2) is 0 Å². The van der Waals surface area contributed by atoms with Crippen LogP contribution in [0.3, 0.4) is 0 Å². The van der Waals surface area contributed by atoms with Crippen molar-refractivity contribution in [2.45, 2.75) is 13.3 Å². The number of halogens is 1. The van der Waals surface area contributed by atoms with Crippen LogP contribution in [0.15, 0.2) is 40.4 Å². The molecule has 0 bridgehead atoms. The van der Waals surface area contributed by atoms with E-state index in [1.54, 1.807) is 13.0 Å². The predicted molar refractivity (Wildman–Crippen MR) is 65.6 cm³/mol. The molecule has 1 aromatic carbocycles. The number of benzene rings is 1. The number of hydrogen-bond acceptors (Lipinski definition) is 2. The Morgan fingerprint density at radius 2 is 2.06 bits per heavy atom. The largest absolute Gasteiger partial charge is 0.490 e. The zero-order chi connectivity index (χ0) is 12.0. The molecule has 0 aromatic heterocycles. The van der Waals surface area contributed by atoms with Crippen molar-refractivity contribution < 1.29 is 14.6 Å². The van der Waals surface area contributed by atoms with Gasteiger partial charge in [-0.15, -0.1) is 0 Å². The van der Waals surface area contributed by atoms with Crippen LogP contribution < -0.4 is 4.74 Å². The van der Waals surface area contributed by atoms with E-state index < -0.39 is 5.97 Å². The van der Waals surface area contributed by atoms with Gasteiger partial charge >= 0.3 is 5.97 Å². The zero-order valence-corrected chi connectivity index (χ0v) is 10.5. The highest BCUT2D eigenvalue weighted by atomic mass is 79.9. The Balaban J connectivity index is 2.52. The second-order valence-corrected chi connectivity index (χ2v) is 4.07. The molecule has 0 spiro atoms. The number of carboxylic acids is 1. The van der Waals surface area contributed by atoms with Crippen molar-refractivity contribution in [2.75, 3.05) is 6.61 Å². The highest BCUT2D eigenvalue weighted by molar-refractivity contribution is 9.10. The molecule has 4 heteroatoms. The molecule has 0 saturated heterocycles. The van der Waals surface area contributed by atoms with E-state index in [0.29, 0.717) is 12.0 Å². The number of aliphatic carboxylic acids is 1. The monoisotopic (exact) mass is 284 g/mol. The second-order valence-electron chi connectivity index (χ2n) is 3.15. The van der Waals surface area contributed by atoms with Crippen molar-refractivity contribution in [1.82, 2.24) is 0 Å². The summed E-state index contributed by atoms with van der Waals surface area (Å²) in [4.78, 5) is 10.7. The van der Waals surface area contributed by atoms with Crippen LogP contribution in [0.25, 0.3) is 0 Å². The van der Waals surface area contributed by atoms with E-state index in [9.17, 15) is 4.79 Å². The van der Waals surface area contributed by atoms with Crippen molar-refractivity contribution in [1.29, 1.82) is 0 Å². The molecule has 0 atom stereocenters. The lowest BCUT2D eigenvalue weighted by molar-refractivity contribution is -0.132. The quantitative estimate of drug-likeness (QED) is 0.845. The van der Waals surface area contributed by atoms with Gasteiger partial charge in [-0.2, -0.15) is 0 Å². The molecule has 16 heavy (non-hydrogen) atoms. The summed E-state index contributed by atoms with van der Waals surface area (Å²) in [5.41, 5.74) is 0.372. The molecule has 1 aromatic rings. The van der Waals surface area contributed by atoms with Gasteiger partial charge in [0, 0.05) is 10.0 Å². The fraction of sp³-hybridized carbons (Fsp3) is 0.250. The van der Waals surface area contributed by atoms with E-state index in [1.807, 2.05) is 24.3 Å². The fourth-order valence-corrected chi connectivity index (χ4v) is 1.42. The maximum absolute atomic E-state index is 10.7. The molecule has 1 rings (SSSR count). The normalized spacial score (nSPS) is 11.2. The molecule has 0 aliphatic rings. The number of carboxylic acid groups (broad SMARTS) is 1. The molecule has 0 amide bonds. The zero-order valence-electron chi connectivity index (χ0n) is 8.94. The Morgan fingerprint density at radius 1 is 1.44 bits per heavy atom. The molecule has 0 aliphatic heterocycles. The minimum absolute atomic E-state index is 0.275. The van der Waals surface area contributed by atoms with Gasteiger partial charge in [-0.3, -0.25) is 0 Å². The van der Waals surface area contributed by atoms with Crippen LogP contribution in [0.2, 0.25) is 0 Å². The second kappa shape index (κ2) is 6.33. The molecule has 0 radical (unpaired) electrons. The molecular weight excluding hydrogens is 272 g/mol. The van der Waals surface area contributed by atoms with Crippen LogP contribution >= 0.6 is 15.9 Å². The summed E-state index contributed by atoms with van der Waals surface area (Å²) < 4.78 is 6.36. The van der Waals surface area contributed by atoms with Crippen LogP contribution in [0.4, 0.5) is 0 Å². The van der Waals surface area contributed by atoms with Crippen molar-refractivity contribution in [2.24, 2.45) is 0 Å². The van der Waals surface area contributed by atoms with Gasteiger partial charge in [0.25, 0.3) is 0 Å². The first-order valence-electron chi connectivity index (χ1n) is 4.94. The van der Waals surface area contributed by atoms with Gasteiger partial charge in [-0.05, 0) is 36.8 Å². The third-order valence-corrected chi connectivity index (χ3v) is 2.58. The summed E-state index contributed by atoms with van der Waals surface area (Å²) in [5.74, 6) is -0.165. The van der Waals surface area contributed by atoms with Gasteiger partial charge in [-0.1, -0.05) is 22.9 Å². The molecular formula is C12H13BrO3. The van der Waals surface area contributed by atoms with E-state index in [4.69, 9.17) is 9.84 Å². The number of hydrogen-bond donors (Lipinski definition) is 1. The van der Waals surface area contributed by atoms with E-state index in [1.165, 1.54) is 0 Å². The average molecular weight is 285 g/mol. The van der Waals surface area contributed by atoms with Crippen LogP contribution in [0, 0.1) is 0 Å². The van der Waals surface area contributed by atoms with Crippen molar-refractivity contribution in [3.8, 4) is 5.75 Å². The Morgan fingerprint density at radius 3 is 2.56 bits per heavy atom. The van der Waals surface area contributed by atoms with Crippen molar-refractivity contribution in [3.05, 3.63) is 40.4 Å². The van der Waals surface area contributed by atoms with E-state index >= 15 is 0 Å². The number of carbonyl (C=O) groups is 1. The molecule has 1 N–H and O–H groups in total. The minimum atomic E-state index is -0.887. The standard InChI is InChI=1S/C12H13BrO3/c1-2-9(12(14)15)7-8-16-11-5-3-10(13)4-6-11/h3-7H,2,8H2,1H3,(H,14,15). The molecule has 3 nitrogen and oxygen atoms in total. The summed E-state index contributed by atoms with van der Waals surface area (Å²) in [6.45, 7) is 2.08. The SMILES string of the molecule is CCC(=CCOc1ccc(Br)cc1)C(=O)O. The molecule has 0 saturated carbocycles. The summed E-state index contributed by atoms with van der Waals surface area (Å²) in [6.07, 6.45) is 2.09. The minimum Gasteiger partial charge on any atom is -0.490 e. The van der Waals surface area contributed by atoms with E-state index in [0.717, 1.165) is 10.2 Å². The van der Waals surface area contributed by atoms with Gasteiger partial charge in [0.2, 0.25) is 0 Å². The number of rotatable bonds is 5. The first kappa shape index (κ1) is 12.8. The first-order valence-corrected chi connectivity index (χ1v) is 5.73. The Bertz CT molecular complexity index is 382. The average Bonchev–Trinajstić information content (AvgIpc) is 2.26. The van der Waals surface area contributed by atoms with Gasteiger partial charge in [0.1, 0.15) is 12.4 Å². The maximum Gasteiger partial charge on any atom is 0.331 e. The Hall–Kier alpha value is -1.29. The Labute approximate surface area is 103 Å². The summed E-state index contributed by atoms with van der Waals surface area (Å²) in [5, 5.41) is 8.78. The summed E-state index contributed by atoms with van der Waals surface area (Å²) in [6, 6.07) is 7.39. The molecule has 0 heterocycles. The highest BCUT2D eigenvalue weighted by Gasteiger charge is 2.02. The van der Waals surface area contributed by atoms with Gasteiger partial charge in [0.05, 0.1) is 0 Å². The van der Waals surface area contributed by atoms with Crippen LogP contribution in [0.5, 0.6) is 5.75 Å². The lowest BCUT2D eigenvalue weighted by Gasteiger charge is -2.03. The fourth-order valence-electron chi connectivity index (χ4n) is 1.15. The molecule has 0 unspecified atom stereocenters. The third-order valence-electron chi connectivity index (χ3n) is 2.05. The maximum atomic E-state index is 10.7. The summed E-state index contributed by atoms with van der Waals surface area (Å²) >= 11 is 3.32. The van der Waals surface area contributed by atoms with Crippen molar-refractivity contribution >= 4 is 21.9 Å². The van der Waals surface area contributed by atoms with Gasteiger partial charge in [-0.25, -0.2) is 4.79 Å². The van der Waals surface area contributed by atoms with Crippen LogP contribution in [0.1, 0.15) is 13.3 Å². The lowest BCUT2D eigenvalue weighted by Crippen LogP contribution is -2.02. The molecule has 86 valence electrons. The molecule has 0 fully saturated rings. The lowest BCUT2D eigenvalue weighted by atomic mass is 10.2. The highest BCUT2D eigenvalue weighted by Crippen LogP contribution is 2.16. The topological polar surface area (TPSA) is 46.5 Å². The van der Waals surface area contributed by atoms with Crippen molar-refractivity contribution in [3.63, 3.8) is 0 Å². The first-order chi connectivity index (χ1) is 7.63. The smallest absolute Gasteiger partial charge is 0.331 e. The predicted octanol–water partition coefficient (Wildman–Crippen LogP) is 3.25. The van der Waals surface area contributed by atoms with Crippen LogP contribution in [-0.2, 0) is 4.79 Å². The molecule has 0 aliphatic carbocycles. The Kier molecular flexibility index (Phi) is 5.05. The van der Waals surface area contributed by atoms with Crippen LogP contribution in [-0.4, -0.2) is 17.7 Å². The van der Waals surface area contributed by atoms with E-state index in [-0.39, 0.29) is 6.61 Å². The van der Waals surface area contributed by atoms with E-state index in [2.05, 4.69) is 15.9 Å².